The predicted molar refractivity (Wildman–Crippen MR) is 41.1 cm³/mol. The van der Waals surface area contributed by atoms with Gasteiger partial charge in [0.25, 0.3) is 0 Å². The molecule has 0 aliphatic carbocycles. The van der Waals surface area contributed by atoms with Gasteiger partial charge in [-0.1, -0.05) is 0 Å². The summed E-state index contributed by atoms with van der Waals surface area (Å²) in [5, 5.41) is 16.3. The minimum absolute atomic E-state index is 0.181. The number of aromatic nitrogens is 3. The topological polar surface area (TPSA) is 77.2 Å². The van der Waals surface area contributed by atoms with Crippen molar-refractivity contribution in [3.05, 3.63) is 12.7 Å². The Hall–Kier alpha value is -1.43. The van der Waals surface area contributed by atoms with E-state index in [4.69, 9.17) is 9.84 Å². The molecule has 1 aromatic rings. The number of nitrogens with zero attached hydrogens (tertiary/aromatic N) is 3. The van der Waals surface area contributed by atoms with Crippen LogP contribution in [0.3, 0.4) is 0 Å². The largest absolute Gasteiger partial charge is 0.479 e. The monoisotopic (exact) mass is 183 g/mol. The van der Waals surface area contributed by atoms with Crippen LogP contribution in [0.1, 0.15) is 6.42 Å². The smallest absolute Gasteiger partial charge is 0.332 e. The van der Waals surface area contributed by atoms with Gasteiger partial charge in [0, 0.05) is 13.0 Å². The van der Waals surface area contributed by atoms with Gasteiger partial charge in [0.1, 0.15) is 12.7 Å². The second kappa shape index (κ2) is 2.81. The summed E-state index contributed by atoms with van der Waals surface area (Å²) in [4.78, 5) is 11.1. The predicted octanol–water partition coefficient (Wildman–Crippen LogP) is -0.522. The molecule has 1 aromatic heterocycles. The Balaban J connectivity index is 2.39. The lowest BCUT2D eigenvalue weighted by Gasteiger charge is -2.22. The summed E-state index contributed by atoms with van der Waals surface area (Å²) in [7, 11) is 0. The number of aliphatic carboxylic acids is 1. The Morgan fingerprint density at radius 3 is 2.69 bits per heavy atom. The number of ether oxygens (including phenoxy) is 1. The van der Waals surface area contributed by atoms with E-state index in [0.29, 0.717) is 13.0 Å². The van der Waals surface area contributed by atoms with Crippen LogP contribution in [0.5, 0.6) is 0 Å². The molecule has 1 atom stereocenters. The third-order valence-corrected chi connectivity index (χ3v) is 2.31. The van der Waals surface area contributed by atoms with E-state index in [0.717, 1.165) is 0 Å². The highest BCUT2D eigenvalue weighted by Crippen LogP contribution is 2.26. The molecule has 2 rings (SSSR count). The van der Waals surface area contributed by atoms with Crippen molar-refractivity contribution in [1.82, 2.24) is 14.8 Å². The Kier molecular flexibility index (Phi) is 1.77. The zero-order valence-electron chi connectivity index (χ0n) is 6.88. The standard InChI is InChI=1S/C7H9N3O3/c11-6(12)7(1-2-13-3-7)10-4-8-9-5-10/h4-5H,1-3H2,(H,11,12). The molecular formula is C7H9N3O3. The molecule has 0 amide bonds. The number of hydrogen-bond donors (Lipinski definition) is 1. The molecule has 1 saturated heterocycles. The zero-order chi connectivity index (χ0) is 9.31. The molecule has 0 radical (unpaired) electrons. The first-order valence-electron chi connectivity index (χ1n) is 3.92. The molecule has 0 saturated carbocycles. The Labute approximate surface area is 74.1 Å². The number of carboxylic acids is 1. The highest BCUT2D eigenvalue weighted by atomic mass is 16.5. The Morgan fingerprint density at radius 1 is 1.54 bits per heavy atom. The van der Waals surface area contributed by atoms with E-state index in [2.05, 4.69) is 10.2 Å². The van der Waals surface area contributed by atoms with Crippen LogP contribution in [-0.4, -0.2) is 39.1 Å². The van der Waals surface area contributed by atoms with E-state index in [1.807, 2.05) is 0 Å². The summed E-state index contributed by atoms with van der Waals surface area (Å²) in [6.45, 7) is 0.644. The fraction of sp³-hybridized carbons (Fsp3) is 0.571. The lowest BCUT2D eigenvalue weighted by molar-refractivity contribution is -0.147. The van der Waals surface area contributed by atoms with Crippen LogP contribution in [0.25, 0.3) is 0 Å². The van der Waals surface area contributed by atoms with E-state index in [1.54, 1.807) is 0 Å². The Bertz CT molecular complexity index is 303. The van der Waals surface area contributed by atoms with Gasteiger partial charge < -0.3 is 14.4 Å². The highest BCUT2D eigenvalue weighted by molar-refractivity contribution is 5.77. The van der Waals surface area contributed by atoms with Crippen molar-refractivity contribution < 1.29 is 14.6 Å². The minimum Gasteiger partial charge on any atom is -0.479 e. The quantitative estimate of drug-likeness (QED) is 0.667. The third kappa shape index (κ3) is 1.10. The molecule has 0 spiro atoms. The second-order valence-corrected chi connectivity index (χ2v) is 3.01. The van der Waals surface area contributed by atoms with Crippen LogP contribution in [0.2, 0.25) is 0 Å². The average molecular weight is 183 g/mol. The van der Waals surface area contributed by atoms with Crippen molar-refractivity contribution in [2.75, 3.05) is 13.2 Å². The number of hydrogen-bond acceptors (Lipinski definition) is 4. The molecule has 1 N–H and O–H groups in total. The molecule has 1 aliphatic rings. The van der Waals surface area contributed by atoms with Gasteiger partial charge in [0.2, 0.25) is 0 Å². The van der Waals surface area contributed by atoms with Crippen molar-refractivity contribution in [2.24, 2.45) is 0 Å². The molecule has 1 fully saturated rings. The molecule has 70 valence electrons. The first-order chi connectivity index (χ1) is 6.26. The van der Waals surface area contributed by atoms with Gasteiger partial charge in [-0.3, -0.25) is 0 Å². The van der Waals surface area contributed by atoms with E-state index < -0.39 is 11.5 Å². The molecule has 1 unspecified atom stereocenters. The third-order valence-electron chi connectivity index (χ3n) is 2.31. The summed E-state index contributed by atoms with van der Waals surface area (Å²) >= 11 is 0. The van der Waals surface area contributed by atoms with Gasteiger partial charge in [-0.2, -0.15) is 0 Å². The van der Waals surface area contributed by atoms with Crippen molar-refractivity contribution in [1.29, 1.82) is 0 Å². The highest BCUT2D eigenvalue weighted by Gasteiger charge is 2.44. The maximum Gasteiger partial charge on any atom is 0.332 e. The number of carbonyl (C=O) groups is 1. The van der Waals surface area contributed by atoms with Crippen LogP contribution in [0, 0.1) is 0 Å². The molecule has 0 aromatic carbocycles. The van der Waals surface area contributed by atoms with Crippen LogP contribution in [-0.2, 0) is 15.1 Å². The maximum atomic E-state index is 11.1. The molecule has 1 aliphatic heterocycles. The lowest BCUT2D eigenvalue weighted by atomic mass is 9.99. The van der Waals surface area contributed by atoms with Gasteiger partial charge in [0.15, 0.2) is 5.54 Å². The van der Waals surface area contributed by atoms with E-state index >= 15 is 0 Å². The molecule has 0 bridgehead atoms. The van der Waals surface area contributed by atoms with Crippen LogP contribution >= 0.6 is 0 Å². The van der Waals surface area contributed by atoms with Crippen molar-refractivity contribution in [2.45, 2.75) is 12.0 Å². The summed E-state index contributed by atoms with van der Waals surface area (Å²) in [5.41, 5.74) is -0.997. The summed E-state index contributed by atoms with van der Waals surface area (Å²) in [6, 6.07) is 0. The van der Waals surface area contributed by atoms with E-state index in [1.165, 1.54) is 17.2 Å². The molecular weight excluding hydrogens is 174 g/mol. The summed E-state index contributed by atoms with van der Waals surface area (Å²) in [6.07, 6.45) is 3.27. The van der Waals surface area contributed by atoms with Crippen molar-refractivity contribution in [3.63, 3.8) is 0 Å². The molecule has 2 heterocycles. The molecule has 13 heavy (non-hydrogen) atoms. The van der Waals surface area contributed by atoms with E-state index in [-0.39, 0.29) is 6.61 Å². The normalized spacial score (nSPS) is 27.7. The average Bonchev–Trinajstić information content (AvgIpc) is 2.75. The van der Waals surface area contributed by atoms with Crippen molar-refractivity contribution in [3.8, 4) is 0 Å². The summed E-state index contributed by atoms with van der Waals surface area (Å²) < 4.78 is 6.58. The minimum atomic E-state index is -0.997. The lowest BCUT2D eigenvalue weighted by Crippen LogP contribution is -2.41. The van der Waals surface area contributed by atoms with E-state index in [9.17, 15) is 4.79 Å². The SMILES string of the molecule is O=C(O)C1(n2cnnc2)CCOC1. The number of carboxylic acid groups (broad SMARTS) is 1. The fourth-order valence-electron chi connectivity index (χ4n) is 1.46. The van der Waals surface area contributed by atoms with Gasteiger partial charge >= 0.3 is 5.97 Å². The zero-order valence-corrected chi connectivity index (χ0v) is 6.88. The first-order valence-corrected chi connectivity index (χ1v) is 3.92. The van der Waals surface area contributed by atoms with Crippen molar-refractivity contribution >= 4 is 5.97 Å². The van der Waals surface area contributed by atoms with Gasteiger partial charge in [-0.05, 0) is 0 Å². The molecule has 6 nitrogen and oxygen atoms in total. The maximum absolute atomic E-state index is 11.1. The van der Waals surface area contributed by atoms with Gasteiger partial charge in [-0.25, -0.2) is 4.79 Å². The van der Waals surface area contributed by atoms with Gasteiger partial charge in [0.05, 0.1) is 6.61 Å². The first kappa shape index (κ1) is 8.18. The summed E-state index contributed by atoms with van der Waals surface area (Å²) in [5.74, 6) is -0.898. The van der Waals surface area contributed by atoms with Crippen LogP contribution < -0.4 is 0 Å². The van der Waals surface area contributed by atoms with Crippen LogP contribution in [0.4, 0.5) is 0 Å². The van der Waals surface area contributed by atoms with Gasteiger partial charge in [-0.15, -0.1) is 10.2 Å². The second-order valence-electron chi connectivity index (χ2n) is 3.01. The molecule has 6 heteroatoms. The number of rotatable bonds is 2. The fourth-order valence-corrected chi connectivity index (χ4v) is 1.46. The Morgan fingerprint density at radius 2 is 2.23 bits per heavy atom. The van der Waals surface area contributed by atoms with Crippen LogP contribution in [0.15, 0.2) is 12.7 Å².